The molecule has 2 aromatic rings. The van der Waals surface area contributed by atoms with Gasteiger partial charge in [-0.25, -0.2) is 0 Å². The van der Waals surface area contributed by atoms with Gasteiger partial charge in [0.2, 0.25) is 6.04 Å². The van der Waals surface area contributed by atoms with E-state index in [0.29, 0.717) is 24.7 Å². The van der Waals surface area contributed by atoms with Crippen molar-refractivity contribution in [3.8, 4) is 23.0 Å². The van der Waals surface area contributed by atoms with Crippen molar-refractivity contribution in [3.63, 3.8) is 0 Å². The molecular formula is C22H25Cl2N3O6. The highest BCUT2D eigenvalue weighted by atomic mass is 35.5. The molecule has 1 N–H and O–H groups in total. The number of hydrogen-bond acceptors (Lipinski definition) is 8. The van der Waals surface area contributed by atoms with Gasteiger partial charge < -0.3 is 24.3 Å². The van der Waals surface area contributed by atoms with Crippen molar-refractivity contribution in [1.82, 2.24) is 0 Å². The molecule has 0 aliphatic rings. The third-order valence-electron chi connectivity index (χ3n) is 4.26. The zero-order chi connectivity index (χ0) is 24.5. The number of ether oxygens (including phenoxy) is 4. The summed E-state index contributed by atoms with van der Waals surface area (Å²) >= 11 is 12.5. The maximum absolute atomic E-state index is 13.0. The number of rotatable bonds is 11. The monoisotopic (exact) mass is 497 g/mol. The number of ketones is 1. The number of nitrogens with zero attached hydrogens (tertiary/aromatic N) is 2. The predicted molar refractivity (Wildman–Crippen MR) is 126 cm³/mol. The molecule has 9 nitrogen and oxygen atoms in total. The zero-order valence-corrected chi connectivity index (χ0v) is 20.4. The van der Waals surface area contributed by atoms with Crippen molar-refractivity contribution in [2.45, 2.75) is 26.8 Å². The molecule has 0 heterocycles. The van der Waals surface area contributed by atoms with E-state index in [1.165, 1.54) is 33.3 Å². The number of benzene rings is 2. The Morgan fingerprint density at radius 2 is 1.70 bits per heavy atom. The molecule has 0 aliphatic heterocycles. The van der Waals surface area contributed by atoms with Crippen LogP contribution < -0.4 is 24.3 Å². The Morgan fingerprint density at radius 3 is 2.27 bits per heavy atom. The second kappa shape index (κ2) is 12.3. The second-order valence-corrected chi connectivity index (χ2v) is 7.31. The van der Waals surface area contributed by atoms with Gasteiger partial charge in [0.15, 0.2) is 23.0 Å². The van der Waals surface area contributed by atoms with Gasteiger partial charge in [0, 0.05) is 12.1 Å². The number of carbonyl (C=O) groups excluding carboxylic acids is 2. The number of methoxy groups -OCH3 is 2. The minimum atomic E-state index is -1.47. The van der Waals surface area contributed by atoms with E-state index < -0.39 is 17.7 Å². The molecule has 0 radical (unpaired) electrons. The Balaban J connectivity index is 2.41. The number of amides is 1. The highest BCUT2D eigenvalue weighted by Gasteiger charge is 2.27. The first-order chi connectivity index (χ1) is 15.8. The van der Waals surface area contributed by atoms with Crippen LogP contribution in [0.15, 0.2) is 34.5 Å². The summed E-state index contributed by atoms with van der Waals surface area (Å²) in [6.07, 6.45) is 0. The largest absolute Gasteiger partial charge is 0.497 e. The van der Waals surface area contributed by atoms with Crippen molar-refractivity contribution >= 4 is 46.3 Å². The summed E-state index contributed by atoms with van der Waals surface area (Å²) < 4.78 is 21.6. The highest BCUT2D eigenvalue weighted by Crippen LogP contribution is 2.41. The van der Waals surface area contributed by atoms with Gasteiger partial charge in [-0.3, -0.25) is 9.59 Å². The molecule has 1 amide bonds. The fraction of sp³-hybridized carbons (Fsp3) is 0.364. The van der Waals surface area contributed by atoms with Crippen LogP contribution in [0, 0.1) is 0 Å². The van der Waals surface area contributed by atoms with Crippen molar-refractivity contribution in [1.29, 1.82) is 0 Å². The van der Waals surface area contributed by atoms with E-state index in [4.69, 9.17) is 42.1 Å². The number of nitrogens with one attached hydrogen (secondary N) is 1. The molecule has 178 valence electrons. The molecule has 1 atom stereocenters. The van der Waals surface area contributed by atoms with Crippen LogP contribution in [0.2, 0.25) is 10.0 Å². The van der Waals surface area contributed by atoms with Crippen LogP contribution in [-0.4, -0.2) is 45.2 Å². The molecule has 0 spiro atoms. The third kappa shape index (κ3) is 6.49. The molecule has 0 bridgehead atoms. The Kier molecular flexibility index (Phi) is 9.74. The van der Waals surface area contributed by atoms with E-state index >= 15 is 0 Å². The summed E-state index contributed by atoms with van der Waals surface area (Å²) in [5, 5.41) is 11.0. The van der Waals surface area contributed by atoms with Gasteiger partial charge in [-0.1, -0.05) is 23.2 Å². The normalized spacial score (nSPS) is 11.7. The summed E-state index contributed by atoms with van der Waals surface area (Å²) in [6.45, 7) is 5.50. The maximum Gasteiger partial charge on any atom is 0.258 e. The molecule has 11 heteroatoms. The Hall–Kier alpha value is -3.04. The summed E-state index contributed by atoms with van der Waals surface area (Å²) in [5.74, 6) is -0.0269. The fourth-order valence-electron chi connectivity index (χ4n) is 2.79. The van der Waals surface area contributed by atoms with Crippen LogP contribution in [0.4, 0.5) is 11.4 Å². The lowest BCUT2D eigenvalue weighted by molar-refractivity contribution is -0.126. The second-order valence-electron chi connectivity index (χ2n) is 6.50. The molecule has 0 saturated heterocycles. The SMILES string of the molecule is CCOc1ccc(Cl)c(NC(=O)C(N=Nc2cc(OC)cc(Cl)c2OC)C(C)=O)c1OCC. The fourth-order valence-corrected chi connectivity index (χ4v) is 3.27. The molecule has 0 aromatic heterocycles. The Morgan fingerprint density at radius 1 is 1.00 bits per heavy atom. The first-order valence-electron chi connectivity index (χ1n) is 9.99. The van der Waals surface area contributed by atoms with Crippen LogP contribution in [0.3, 0.4) is 0 Å². The summed E-state index contributed by atoms with van der Waals surface area (Å²) in [6, 6.07) is 4.77. The van der Waals surface area contributed by atoms with Gasteiger partial charge in [0.05, 0.1) is 37.5 Å². The Bertz CT molecular complexity index is 1050. The smallest absolute Gasteiger partial charge is 0.258 e. The lowest BCUT2D eigenvalue weighted by Crippen LogP contribution is -2.32. The summed E-state index contributed by atoms with van der Waals surface area (Å²) in [7, 11) is 2.87. The van der Waals surface area contributed by atoms with Gasteiger partial charge in [0.1, 0.15) is 17.1 Å². The molecule has 33 heavy (non-hydrogen) atoms. The Labute approximate surface area is 202 Å². The molecular weight excluding hydrogens is 473 g/mol. The number of Topliss-reactive ketones (excluding diaryl/α,β-unsaturated/α-hetero) is 1. The highest BCUT2D eigenvalue weighted by molar-refractivity contribution is 6.34. The average molecular weight is 498 g/mol. The van der Waals surface area contributed by atoms with Crippen LogP contribution in [0.5, 0.6) is 23.0 Å². The van der Waals surface area contributed by atoms with Gasteiger partial charge >= 0.3 is 0 Å². The number of halogens is 2. The van der Waals surface area contributed by atoms with Crippen molar-refractivity contribution in [2.24, 2.45) is 10.2 Å². The summed E-state index contributed by atoms with van der Waals surface area (Å²) in [5.41, 5.74) is 0.352. The van der Waals surface area contributed by atoms with E-state index in [1.54, 1.807) is 19.1 Å². The molecule has 0 fully saturated rings. The number of carbonyl (C=O) groups is 2. The van der Waals surface area contributed by atoms with Crippen molar-refractivity contribution in [2.75, 3.05) is 32.8 Å². The lowest BCUT2D eigenvalue weighted by Gasteiger charge is -2.18. The van der Waals surface area contributed by atoms with E-state index in [1.807, 2.05) is 6.92 Å². The van der Waals surface area contributed by atoms with Crippen LogP contribution in [0.1, 0.15) is 20.8 Å². The van der Waals surface area contributed by atoms with Crippen molar-refractivity contribution in [3.05, 3.63) is 34.3 Å². The minimum Gasteiger partial charge on any atom is -0.497 e. The zero-order valence-electron chi connectivity index (χ0n) is 18.9. The molecule has 2 aromatic carbocycles. The minimum absolute atomic E-state index is 0.165. The van der Waals surface area contributed by atoms with Gasteiger partial charge in [0.25, 0.3) is 5.91 Å². The van der Waals surface area contributed by atoms with Gasteiger partial charge in [-0.2, -0.15) is 10.2 Å². The quantitative estimate of drug-likeness (QED) is 0.324. The van der Waals surface area contributed by atoms with E-state index in [9.17, 15) is 9.59 Å². The van der Waals surface area contributed by atoms with Gasteiger partial charge in [-0.05, 0) is 32.9 Å². The van der Waals surface area contributed by atoms with Crippen LogP contribution in [-0.2, 0) is 9.59 Å². The summed E-state index contributed by atoms with van der Waals surface area (Å²) in [4.78, 5) is 25.2. The van der Waals surface area contributed by atoms with Crippen LogP contribution in [0.25, 0.3) is 0 Å². The first-order valence-corrected chi connectivity index (χ1v) is 10.7. The third-order valence-corrected chi connectivity index (χ3v) is 4.85. The molecule has 0 aliphatic carbocycles. The number of azo groups is 1. The molecule has 0 saturated carbocycles. The topological polar surface area (TPSA) is 108 Å². The van der Waals surface area contributed by atoms with Gasteiger partial charge in [-0.15, -0.1) is 0 Å². The van der Waals surface area contributed by atoms with E-state index in [-0.39, 0.29) is 32.9 Å². The first kappa shape index (κ1) is 26.2. The lowest BCUT2D eigenvalue weighted by atomic mass is 10.2. The molecule has 2 rings (SSSR count). The van der Waals surface area contributed by atoms with E-state index in [0.717, 1.165) is 0 Å². The van der Waals surface area contributed by atoms with Crippen LogP contribution >= 0.6 is 23.2 Å². The predicted octanol–water partition coefficient (Wildman–Crippen LogP) is 5.49. The van der Waals surface area contributed by atoms with E-state index in [2.05, 4.69) is 15.5 Å². The van der Waals surface area contributed by atoms with Crippen molar-refractivity contribution < 1.29 is 28.5 Å². The molecule has 1 unspecified atom stereocenters. The average Bonchev–Trinajstić information content (AvgIpc) is 2.77. The maximum atomic E-state index is 13.0. The number of anilines is 1. The number of hydrogen-bond donors (Lipinski definition) is 1. The standard InChI is InChI=1S/C22H25Cl2N3O6/c1-6-32-17-9-8-14(23)19(21(17)33-7-2)25-22(29)18(12(3)28)27-26-16-11-13(30-4)10-15(24)20(16)31-5/h8-11,18H,6-7H2,1-5H3,(H,25,29).